The van der Waals surface area contributed by atoms with E-state index in [1.165, 1.54) is 0 Å². The molecule has 0 aromatic heterocycles. The highest BCUT2D eigenvalue weighted by Gasteiger charge is 2.33. The Kier molecular flexibility index (Phi) is 9.85. The second-order valence-corrected chi connectivity index (χ2v) is 15.5. The maximum atomic E-state index is 13.3. The highest BCUT2D eigenvalue weighted by molar-refractivity contribution is 7.91. The fraction of sp³-hybridized carbons (Fsp3) is 0.355. The summed E-state index contributed by atoms with van der Waals surface area (Å²) in [6, 6.07) is 20.6. The van der Waals surface area contributed by atoms with Gasteiger partial charge in [0.25, 0.3) is 5.91 Å². The second-order valence-electron chi connectivity index (χ2n) is 10.9. The summed E-state index contributed by atoms with van der Waals surface area (Å²) >= 11 is 0. The van der Waals surface area contributed by atoms with Gasteiger partial charge in [-0.1, -0.05) is 60.7 Å². The largest absolute Gasteiger partial charge is 0.480 e. The van der Waals surface area contributed by atoms with Crippen molar-refractivity contribution in [2.45, 2.75) is 43.4 Å². The van der Waals surface area contributed by atoms with E-state index in [2.05, 4.69) is 10.2 Å². The molecule has 0 radical (unpaired) electrons. The van der Waals surface area contributed by atoms with E-state index in [9.17, 15) is 31.5 Å². The lowest BCUT2D eigenvalue weighted by Gasteiger charge is -2.20. The molecule has 3 aromatic rings. The Balaban J connectivity index is 1.54. The molecule has 0 aliphatic carbocycles. The molecular formula is C31H36N2O7S2. The number of carbonyl (C=O) groups is 2. The Labute approximate surface area is 247 Å². The smallest absolute Gasteiger partial charge is 0.326 e. The molecule has 224 valence electrons. The van der Waals surface area contributed by atoms with E-state index in [-0.39, 0.29) is 23.5 Å². The maximum Gasteiger partial charge on any atom is 0.326 e. The van der Waals surface area contributed by atoms with Gasteiger partial charge in [-0.15, -0.1) is 0 Å². The van der Waals surface area contributed by atoms with Crippen LogP contribution in [0.25, 0.3) is 11.1 Å². The van der Waals surface area contributed by atoms with Gasteiger partial charge in [0.2, 0.25) is 0 Å². The van der Waals surface area contributed by atoms with Crippen molar-refractivity contribution >= 4 is 31.6 Å². The first kappa shape index (κ1) is 31.4. The van der Waals surface area contributed by atoms with Crippen molar-refractivity contribution in [2.24, 2.45) is 0 Å². The molecule has 0 saturated carbocycles. The van der Waals surface area contributed by atoms with Gasteiger partial charge in [0, 0.05) is 24.9 Å². The number of hydrogen-bond donors (Lipinski definition) is 2. The zero-order valence-corrected chi connectivity index (χ0v) is 25.3. The average Bonchev–Trinajstić information content (AvgIpc) is 3.40. The molecule has 1 fully saturated rings. The molecule has 42 heavy (non-hydrogen) atoms. The fourth-order valence-corrected chi connectivity index (χ4v) is 7.69. The van der Waals surface area contributed by atoms with Gasteiger partial charge >= 0.3 is 5.97 Å². The van der Waals surface area contributed by atoms with Gasteiger partial charge in [-0.3, -0.25) is 9.69 Å². The van der Waals surface area contributed by atoms with Crippen LogP contribution in [-0.4, -0.2) is 75.1 Å². The van der Waals surface area contributed by atoms with Crippen molar-refractivity contribution < 1.29 is 31.5 Å². The zero-order chi connectivity index (χ0) is 30.5. The summed E-state index contributed by atoms with van der Waals surface area (Å²) in [5.74, 6) is -2.29. The van der Waals surface area contributed by atoms with Crippen LogP contribution in [0.5, 0.6) is 0 Å². The Morgan fingerprint density at radius 3 is 2.31 bits per heavy atom. The SMILES string of the molecule is Cc1ccccc1-c1cc(CN2CCC(S(=O)(=O)Cc3ccccc3)C2)ccc1C(=O)NC(CCS(C)(=O)=O)C(=O)O. The van der Waals surface area contributed by atoms with E-state index in [0.29, 0.717) is 31.6 Å². The van der Waals surface area contributed by atoms with Gasteiger partial charge in [0.1, 0.15) is 15.9 Å². The van der Waals surface area contributed by atoms with E-state index in [4.69, 9.17) is 0 Å². The minimum atomic E-state index is -3.41. The second kappa shape index (κ2) is 13.2. The van der Waals surface area contributed by atoms with Gasteiger partial charge in [-0.05, 0) is 66.3 Å². The predicted octanol–water partition coefficient (Wildman–Crippen LogP) is 3.47. The molecule has 1 aliphatic rings. The molecule has 3 aromatic carbocycles. The number of carboxylic acids is 1. The van der Waals surface area contributed by atoms with Crippen molar-refractivity contribution in [1.82, 2.24) is 10.2 Å². The minimum Gasteiger partial charge on any atom is -0.480 e. The summed E-state index contributed by atoms with van der Waals surface area (Å²) < 4.78 is 49.3. The van der Waals surface area contributed by atoms with Crippen LogP contribution in [0.4, 0.5) is 0 Å². The minimum absolute atomic E-state index is 0.00904. The van der Waals surface area contributed by atoms with Gasteiger partial charge in [0.15, 0.2) is 9.84 Å². The summed E-state index contributed by atoms with van der Waals surface area (Å²) in [5, 5.41) is 11.6. The topological polar surface area (TPSA) is 138 Å². The molecule has 1 saturated heterocycles. The summed E-state index contributed by atoms with van der Waals surface area (Å²) in [7, 11) is -6.74. The van der Waals surface area contributed by atoms with Crippen LogP contribution in [0, 0.1) is 6.92 Å². The van der Waals surface area contributed by atoms with E-state index < -0.39 is 42.8 Å². The molecule has 1 amide bonds. The summed E-state index contributed by atoms with van der Waals surface area (Å²) in [4.78, 5) is 27.2. The number of aliphatic carboxylic acids is 1. The van der Waals surface area contributed by atoms with Crippen LogP contribution in [0.1, 0.15) is 39.9 Å². The maximum absolute atomic E-state index is 13.3. The number of carboxylic acid groups (broad SMARTS) is 1. The third-order valence-electron chi connectivity index (χ3n) is 7.50. The lowest BCUT2D eigenvalue weighted by atomic mass is 9.93. The van der Waals surface area contributed by atoms with Crippen LogP contribution >= 0.6 is 0 Å². The van der Waals surface area contributed by atoms with Gasteiger partial charge in [0.05, 0.1) is 16.8 Å². The van der Waals surface area contributed by atoms with Crippen LogP contribution < -0.4 is 5.32 Å². The molecule has 1 heterocycles. The molecule has 1 aliphatic heterocycles. The summed E-state index contributed by atoms with van der Waals surface area (Å²) in [6.07, 6.45) is 1.31. The number of nitrogens with one attached hydrogen (secondary N) is 1. The van der Waals surface area contributed by atoms with Crippen molar-refractivity contribution in [3.05, 3.63) is 95.1 Å². The van der Waals surface area contributed by atoms with E-state index in [1.807, 2.05) is 67.6 Å². The van der Waals surface area contributed by atoms with Gasteiger partial charge in [-0.2, -0.15) is 0 Å². The molecule has 4 rings (SSSR count). The zero-order valence-electron chi connectivity index (χ0n) is 23.7. The average molecular weight is 613 g/mol. The number of rotatable bonds is 12. The lowest BCUT2D eigenvalue weighted by Crippen LogP contribution is -2.42. The number of amides is 1. The fourth-order valence-electron chi connectivity index (χ4n) is 5.23. The number of sulfone groups is 2. The number of hydrogen-bond acceptors (Lipinski definition) is 7. The molecule has 11 heteroatoms. The van der Waals surface area contributed by atoms with Gasteiger partial charge in [-0.25, -0.2) is 21.6 Å². The van der Waals surface area contributed by atoms with Crippen LogP contribution in [-0.2, 0) is 36.8 Å². The van der Waals surface area contributed by atoms with E-state index in [1.54, 1.807) is 12.1 Å². The van der Waals surface area contributed by atoms with E-state index in [0.717, 1.165) is 28.5 Å². The first-order chi connectivity index (χ1) is 19.8. The number of likely N-dealkylation sites (tertiary alicyclic amines) is 1. The van der Waals surface area contributed by atoms with E-state index >= 15 is 0 Å². The third kappa shape index (κ3) is 8.27. The van der Waals surface area contributed by atoms with Crippen molar-refractivity contribution in [3.8, 4) is 11.1 Å². The molecule has 0 spiro atoms. The number of benzene rings is 3. The molecule has 2 N–H and O–H groups in total. The van der Waals surface area contributed by atoms with Gasteiger partial charge < -0.3 is 10.4 Å². The van der Waals surface area contributed by atoms with Crippen LogP contribution in [0.3, 0.4) is 0 Å². The van der Waals surface area contributed by atoms with Crippen molar-refractivity contribution in [1.29, 1.82) is 0 Å². The third-order valence-corrected chi connectivity index (χ3v) is 10.6. The van der Waals surface area contributed by atoms with Crippen LogP contribution in [0.2, 0.25) is 0 Å². The quantitative estimate of drug-likeness (QED) is 0.317. The Morgan fingerprint density at radius 2 is 1.64 bits per heavy atom. The monoisotopic (exact) mass is 612 g/mol. The Hall–Kier alpha value is -3.54. The van der Waals surface area contributed by atoms with Crippen molar-refractivity contribution in [2.75, 3.05) is 25.1 Å². The summed E-state index contributed by atoms with van der Waals surface area (Å²) in [6.45, 7) is 3.45. The standard InChI is InChI=1S/C31H36N2O7S2/c1-22-8-6-7-11-26(22)28-18-24(12-13-27(28)30(34)32-29(31(35)36)15-17-41(2,37)38)19-33-16-14-25(20-33)42(39,40)21-23-9-4-3-5-10-23/h3-13,18,25,29H,14-17,19-21H2,1-2H3,(H,32,34)(H,35,36). The van der Waals surface area contributed by atoms with Crippen LogP contribution in [0.15, 0.2) is 72.8 Å². The Bertz CT molecular complexity index is 1660. The first-order valence-electron chi connectivity index (χ1n) is 13.7. The molecule has 0 bridgehead atoms. The molecule has 2 atom stereocenters. The predicted molar refractivity (Wildman–Crippen MR) is 163 cm³/mol. The highest BCUT2D eigenvalue weighted by atomic mass is 32.2. The normalized spacial score (nSPS) is 16.7. The van der Waals surface area contributed by atoms with Crippen molar-refractivity contribution in [3.63, 3.8) is 0 Å². The number of aryl methyl sites for hydroxylation is 1. The molecular weight excluding hydrogens is 576 g/mol. The first-order valence-corrected chi connectivity index (χ1v) is 17.5. The molecule has 9 nitrogen and oxygen atoms in total. The number of nitrogens with zero attached hydrogens (tertiary/aromatic N) is 1. The highest BCUT2D eigenvalue weighted by Crippen LogP contribution is 2.30. The summed E-state index contributed by atoms with van der Waals surface area (Å²) in [5.41, 5.74) is 4.26. The number of carbonyl (C=O) groups excluding carboxylic acids is 1. The lowest BCUT2D eigenvalue weighted by molar-refractivity contribution is -0.139. The Morgan fingerprint density at radius 1 is 0.952 bits per heavy atom. The molecule has 2 unspecified atom stereocenters.